The predicted molar refractivity (Wildman–Crippen MR) is 218 cm³/mol. The van der Waals surface area contributed by atoms with Gasteiger partial charge in [0.1, 0.15) is 23.9 Å². The second kappa shape index (κ2) is 18.2. The van der Waals surface area contributed by atoms with Gasteiger partial charge in [-0.15, -0.1) is 0 Å². The Kier molecular flexibility index (Phi) is 13.9. The average molecular weight is 847 g/mol. The third-order valence-electron chi connectivity index (χ3n) is 14.5. The number of ether oxygens (including phenoxy) is 10. The largest absolute Gasteiger partial charge is 0.459 e. The number of aliphatic hydroxyl groups excluding tert-OH is 2. The van der Waals surface area contributed by atoms with Gasteiger partial charge in [0.25, 0.3) is 0 Å². The molecular formula is C46H70O14. The van der Waals surface area contributed by atoms with E-state index in [1.807, 2.05) is 32.9 Å². The molecule has 6 aliphatic heterocycles. The van der Waals surface area contributed by atoms with Crippen LogP contribution in [0.4, 0.5) is 0 Å². The number of methoxy groups -OCH3 is 2. The molecule has 0 radical (unpaired) electrons. The van der Waals surface area contributed by atoms with Crippen LogP contribution in [0.1, 0.15) is 100 Å². The van der Waals surface area contributed by atoms with E-state index in [2.05, 4.69) is 26.8 Å². The van der Waals surface area contributed by atoms with Crippen LogP contribution in [-0.4, -0.2) is 139 Å². The number of carbonyl (C=O) groups excluding carboxylic acids is 1. The Morgan fingerprint density at radius 3 is 2.27 bits per heavy atom. The molecule has 5 saturated heterocycles. The Morgan fingerprint density at radius 1 is 0.850 bits per heavy atom. The molecule has 0 aromatic rings. The van der Waals surface area contributed by atoms with Crippen LogP contribution in [0.2, 0.25) is 0 Å². The number of rotatable bonds is 6. The number of hydrogen-bond acceptors (Lipinski definition) is 14. The fraction of sp³-hybridized carbons (Fsp3) is 0.804. The Hall–Kier alpha value is -2.05. The first kappa shape index (κ1) is 46.0. The minimum Gasteiger partial charge on any atom is -0.459 e. The highest BCUT2D eigenvalue weighted by Crippen LogP contribution is 2.52. The summed E-state index contributed by atoms with van der Waals surface area (Å²) in [6, 6.07) is 0. The molecule has 0 aromatic carbocycles. The fourth-order valence-electron chi connectivity index (χ4n) is 10.6. The van der Waals surface area contributed by atoms with Gasteiger partial charge in [-0.1, -0.05) is 51.2 Å². The molecule has 5 fully saturated rings. The molecule has 19 unspecified atom stereocenters. The zero-order chi connectivity index (χ0) is 43.3. The maximum Gasteiger partial charge on any atom is 0.337 e. The number of aliphatic hydroxyl groups is 3. The average Bonchev–Trinajstić information content (AvgIpc) is 3.47. The smallest absolute Gasteiger partial charge is 0.337 e. The normalized spacial score (nSPS) is 49.1. The van der Waals surface area contributed by atoms with Gasteiger partial charge in [-0.2, -0.15) is 0 Å². The fourth-order valence-corrected chi connectivity index (χ4v) is 10.6. The Morgan fingerprint density at radius 2 is 1.55 bits per heavy atom. The van der Waals surface area contributed by atoms with E-state index in [0.717, 1.165) is 12.0 Å². The summed E-state index contributed by atoms with van der Waals surface area (Å²) in [4.78, 5) is 14.3. The summed E-state index contributed by atoms with van der Waals surface area (Å²) in [5.41, 5.74) is -1.94. The van der Waals surface area contributed by atoms with Crippen LogP contribution in [0.3, 0.4) is 0 Å². The maximum absolute atomic E-state index is 14.3. The second-order valence-electron chi connectivity index (χ2n) is 18.8. The second-order valence-corrected chi connectivity index (χ2v) is 18.8. The molecule has 19 atom stereocenters. The van der Waals surface area contributed by atoms with Crippen molar-refractivity contribution in [2.45, 2.75) is 197 Å². The molecule has 60 heavy (non-hydrogen) atoms. The van der Waals surface area contributed by atoms with Crippen LogP contribution < -0.4 is 0 Å². The van der Waals surface area contributed by atoms with Gasteiger partial charge in [0.15, 0.2) is 24.0 Å². The highest BCUT2D eigenvalue weighted by Gasteiger charge is 2.66. The maximum atomic E-state index is 14.3. The zero-order valence-corrected chi connectivity index (χ0v) is 37.1. The standard InChI is InChI=1S/C46H70O14/c1-24-16-17-45(59-28(24)5)22-33-19-32(60-45)15-14-26(3)40(57-38-21-36(52-10)41(30(7)55-38)58-37-20-35(51-9)39(47)29(6)54-37)25(2)12-11-13-31-23-53-44(8)42(48)27(4)18-34(43(49)56-33)46(31,44)50/h11-14,18,24-25,27-30,32-33,35-42,47-48,50H,15-17,19-23H2,1-10H3. The Balaban J connectivity index is 1.18. The molecule has 14 heteroatoms. The lowest BCUT2D eigenvalue weighted by atomic mass is 9.65. The van der Waals surface area contributed by atoms with Crippen LogP contribution in [0.15, 0.2) is 47.1 Å². The van der Waals surface area contributed by atoms with Crippen LogP contribution in [0.25, 0.3) is 0 Å². The van der Waals surface area contributed by atoms with Gasteiger partial charge in [0.2, 0.25) is 0 Å². The van der Waals surface area contributed by atoms with Crippen molar-refractivity contribution < 1.29 is 67.5 Å². The van der Waals surface area contributed by atoms with E-state index < -0.39 is 90.3 Å². The van der Waals surface area contributed by atoms with E-state index in [1.165, 1.54) is 0 Å². The molecule has 0 saturated carbocycles. The van der Waals surface area contributed by atoms with Crippen LogP contribution >= 0.6 is 0 Å². The summed E-state index contributed by atoms with van der Waals surface area (Å²) in [6.45, 7) is 15.6. The van der Waals surface area contributed by atoms with E-state index >= 15 is 0 Å². The van der Waals surface area contributed by atoms with Crippen molar-refractivity contribution in [1.29, 1.82) is 0 Å². The summed E-state index contributed by atoms with van der Waals surface area (Å²) >= 11 is 0. The molecule has 0 amide bonds. The van der Waals surface area contributed by atoms with Gasteiger partial charge in [-0.25, -0.2) is 4.79 Å². The SMILES string of the molecule is COC1CC(OC2C(C)OC(OC3C(C)=CCC4CC(CC5(CCC(C)C(C)O5)O4)OC(=O)C4=CC(C)C(O)C5(C)OCC(=CC=CC3C)C45O)CC2OC)OC(C)C1O. The zero-order valence-electron chi connectivity index (χ0n) is 37.1. The quantitative estimate of drug-likeness (QED) is 0.242. The molecule has 1 spiro atoms. The lowest BCUT2D eigenvalue weighted by molar-refractivity contribution is -0.332. The molecule has 7 rings (SSSR count). The monoisotopic (exact) mass is 846 g/mol. The van der Waals surface area contributed by atoms with Crippen molar-refractivity contribution in [1.82, 2.24) is 0 Å². The number of fused-ring (bicyclic) bond motifs is 2. The number of esters is 1. The summed E-state index contributed by atoms with van der Waals surface area (Å²) in [5, 5.41) is 34.6. The van der Waals surface area contributed by atoms with Crippen LogP contribution in [0.5, 0.6) is 0 Å². The van der Waals surface area contributed by atoms with E-state index in [9.17, 15) is 20.1 Å². The van der Waals surface area contributed by atoms with E-state index in [-0.39, 0.29) is 36.4 Å². The van der Waals surface area contributed by atoms with Gasteiger partial charge < -0.3 is 62.7 Å². The summed E-state index contributed by atoms with van der Waals surface area (Å²) in [5.74, 6) is -1.88. The third kappa shape index (κ3) is 8.75. The molecule has 7 aliphatic rings. The summed E-state index contributed by atoms with van der Waals surface area (Å²) < 4.78 is 63.4. The van der Waals surface area contributed by atoms with Crippen molar-refractivity contribution in [3.8, 4) is 0 Å². The summed E-state index contributed by atoms with van der Waals surface area (Å²) in [6.07, 6.45) is 6.44. The molecule has 3 N–H and O–H groups in total. The highest BCUT2D eigenvalue weighted by molar-refractivity contribution is 5.93. The molecule has 2 bridgehead atoms. The third-order valence-corrected chi connectivity index (χ3v) is 14.5. The van der Waals surface area contributed by atoms with Gasteiger partial charge in [-0.3, -0.25) is 0 Å². The minimum atomic E-state index is -1.94. The molecular weight excluding hydrogens is 776 g/mol. The van der Waals surface area contributed by atoms with Crippen molar-refractivity contribution in [3.63, 3.8) is 0 Å². The molecule has 0 aromatic heterocycles. The van der Waals surface area contributed by atoms with Crippen molar-refractivity contribution >= 4 is 5.97 Å². The Bertz CT molecular complexity index is 1660. The molecule has 6 heterocycles. The number of hydrogen-bond donors (Lipinski definition) is 3. The number of carbonyl (C=O) groups is 1. The summed E-state index contributed by atoms with van der Waals surface area (Å²) in [7, 11) is 3.22. The van der Waals surface area contributed by atoms with Gasteiger partial charge in [0, 0.05) is 58.2 Å². The highest BCUT2D eigenvalue weighted by atomic mass is 16.7. The van der Waals surface area contributed by atoms with Crippen LogP contribution in [-0.2, 0) is 52.2 Å². The first-order chi connectivity index (χ1) is 28.4. The topological polar surface area (TPSA) is 170 Å². The molecule has 1 aliphatic carbocycles. The first-order valence-electron chi connectivity index (χ1n) is 22.1. The molecule has 14 nitrogen and oxygen atoms in total. The molecule has 338 valence electrons. The van der Waals surface area contributed by atoms with E-state index in [0.29, 0.717) is 50.0 Å². The van der Waals surface area contributed by atoms with E-state index in [4.69, 9.17) is 47.4 Å². The van der Waals surface area contributed by atoms with Crippen molar-refractivity contribution in [3.05, 3.63) is 47.1 Å². The van der Waals surface area contributed by atoms with E-state index in [1.54, 1.807) is 40.2 Å². The predicted octanol–water partition coefficient (Wildman–Crippen LogP) is 4.97. The van der Waals surface area contributed by atoms with Gasteiger partial charge in [0.05, 0.1) is 61.0 Å². The van der Waals surface area contributed by atoms with Gasteiger partial charge >= 0.3 is 5.97 Å². The number of allylic oxidation sites excluding steroid dienone is 2. The van der Waals surface area contributed by atoms with Gasteiger partial charge in [-0.05, 0) is 64.5 Å². The first-order valence-corrected chi connectivity index (χ1v) is 22.1. The van der Waals surface area contributed by atoms with Crippen molar-refractivity contribution in [2.75, 3.05) is 20.8 Å². The lowest BCUT2D eigenvalue weighted by Gasteiger charge is -2.50. The lowest BCUT2D eigenvalue weighted by Crippen LogP contribution is -2.63. The van der Waals surface area contributed by atoms with Crippen molar-refractivity contribution in [2.24, 2.45) is 17.8 Å². The minimum absolute atomic E-state index is 0.0122. The Labute approximate surface area is 355 Å². The van der Waals surface area contributed by atoms with Crippen LogP contribution in [0, 0.1) is 17.8 Å².